The van der Waals surface area contributed by atoms with E-state index in [1.54, 1.807) is 35.3 Å². The Balaban J connectivity index is 1.96. The number of nitrogens with one attached hydrogen (secondary N) is 1. The number of hydrogen-bond donors (Lipinski definition) is 2. The fourth-order valence-electron chi connectivity index (χ4n) is 1.50. The number of carbonyl (C=O) groups excluding carboxylic acids is 1. The number of rotatable bonds is 4. The maximum Gasteiger partial charge on any atom is 0.254 e. The molecule has 0 unspecified atom stereocenters. The number of halogens is 1. The van der Waals surface area contributed by atoms with Gasteiger partial charge < -0.3 is 11.1 Å². The number of aromatic nitrogens is 3. The summed E-state index contributed by atoms with van der Waals surface area (Å²) in [5, 5.41) is 10.5. The molecular weight excluding hydrogens is 254 g/mol. The molecule has 2 rings (SSSR count). The van der Waals surface area contributed by atoms with Crippen LogP contribution in [0.1, 0.15) is 10.4 Å². The summed E-state index contributed by atoms with van der Waals surface area (Å²) >= 11 is 5.93. The van der Waals surface area contributed by atoms with Gasteiger partial charge in [0.2, 0.25) is 0 Å². The van der Waals surface area contributed by atoms with Gasteiger partial charge in [-0.15, -0.1) is 5.10 Å². The highest BCUT2D eigenvalue weighted by Crippen LogP contribution is 2.21. The molecule has 18 heavy (non-hydrogen) atoms. The van der Waals surface area contributed by atoms with Gasteiger partial charge in [0.05, 0.1) is 23.3 Å². The van der Waals surface area contributed by atoms with Gasteiger partial charge in [0.25, 0.3) is 5.91 Å². The van der Waals surface area contributed by atoms with E-state index in [1.165, 1.54) is 0 Å². The Morgan fingerprint density at radius 1 is 1.50 bits per heavy atom. The largest absolute Gasteiger partial charge is 0.398 e. The molecule has 0 aliphatic heterocycles. The summed E-state index contributed by atoms with van der Waals surface area (Å²) in [6.07, 6.45) is 3.30. The van der Waals surface area contributed by atoms with Crippen molar-refractivity contribution in [2.75, 3.05) is 12.3 Å². The molecule has 3 N–H and O–H groups in total. The molecule has 0 saturated heterocycles. The number of carbonyl (C=O) groups is 1. The third-order valence-electron chi connectivity index (χ3n) is 2.37. The number of nitrogens with zero attached hydrogens (tertiary/aromatic N) is 3. The summed E-state index contributed by atoms with van der Waals surface area (Å²) in [6.45, 7) is 0.961. The summed E-state index contributed by atoms with van der Waals surface area (Å²) < 4.78 is 1.62. The molecule has 7 heteroatoms. The van der Waals surface area contributed by atoms with Gasteiger partial charge in [-0.25, -0.2) is 0 Å². The van der Waals surface area contributed by atoms with E-state index < -0.39 is 0 Å². The molecule has 6 nitrogen and oxygen atoms in total. The van der Waals surface area contributed by atoms with Crippen molar-refractivity contribution in [2.45, 2.75) is 6.54 Å². The van der Waals surface area contributed by atoms with Gasteiger partial charge in [-0.3, -0.25) is 9.48 Å². The van der Waals surface area contributed by atoms with Crippen LogP contribution in [0.25, 0.3) is 0 Å². The molecule has 0 aliphatic rings. The van der Waals surface area contributed by atoms with E-state index in [4.69, 9.17) is 17.3 Å². The quantitative estimate of drug-likeness (QED) is 0.806. The molecule has 0 atom stereocenters. The molecule has 0 radical (unpaired) electrons. The van der Waals surface area contributed by atoms with Crippen LogP contribution in [0.4, 0.5) is 5.69 Å². The molecular formula is C11H12ClN5O. The van der Waals surface area contributed by atoms with Crippen molar-refractivity contribution in [1.29, 1.82) is 0 Å². The maximum absolute atomic E-state index is 11.9. The lowest BCUT2D eigenvalue weighted by Crippen LogP contribution is -2.28. The van der Waals surface area contributed by atoms with Crippen LogP contribution in [0.3, 0.4) is 0 Å². The summed E-state index contributed by atoms with van der Waals surface area (Å²) in [5.74, 6) is -0.293. The minimum absolute atomic E-state index is 0.293. The average molecular weight is 266 g/mol. The molecule has 0 spiro atoms. The van der Waals surface area contributed by atoms with Crippen molar-refractivity contribution in [3.63, 3.8) is 0 Å². The van der Waals surface area contributed by atoms with Crippen molar-refractivity contribution in [1.82, 2.24) is 20.3 Å². The lowest BCUT2D eigenvalue weighted by Gasteiger charge is -2.08. The van der Waals surface area contributed by atoms with Crippen LogP contribution >= 0.6 is 11.6 Å². The summed E-state index contributed by atoms with van der Waals surface area (Å²) in [7, 11) is 0. The zero-order valence-electron chi connectivity index (χ0n) is 9.51. The normalized spacial score (nSPS) is 10.3. The first-order valence-corrected chi connectivity index (χ1v) is 5.72. The number of anilines is 1. The Bertz CT molecular complexity index is 520. The first kappa shape index (κ1) is 12.4. The lowest BCUT2D eigenvalue weighted by molar-refractivity contribution is 0.0953. The van der Waals surface area contributed by atoms with Crippen LogP contribution in [-0.4, -0.2) is 27.4 Å². The van der Waals surface area contributed by atoms with E-state index in [2.05, 4.69) is 15.6 Å². The number of nitrogen functional groups attached to an aromatic ring is 1. The summed E-state index contributed by atoms with van der Waals surface area (Å²) in [6, 6.07) is 4.96. The topological polar surface area (TPSA) is 85.8 Å². The zero-order valence-corrected chi connectivity index (χ0v) is 10.3. The van der Waals surface area contributed by atoms with E-state index >= 15 is 0 Å². The molecule has 0 fully saturated rings. The van der Waals surface area contributed by atoms with Gasteiger partial charge in [-0.05, 0) is 12.1 Å². The van der Waals surface area contributed by atoms with Crippen LogP contribution in [0.15, 0.2) is 30.6 Å². The molecule has 0 aliphatic carbocycles. The zero-order chi connectivity index (χ0) is 13.0. The van der Waals surface area contributed by atoms with Crippen molar-refractivity contribution < 1.29 is 4.79 Å². The van der Waals surface area contributed by atoms with Crippen LogP contribution in [0, 0.1) is 0 Å². The van der Waals surface area contributed by atoms with E-state index in [-0.39, 0.29) is 5.91 Å². The molecule has 1 heterocycles. The Kier molecular flexibility index (Phi) is 3.78. The van der Waals surface area contributed by atoms with Gasteiger partial charge in [0.1, 0.15) is 0 Å². The van der Waals surface area contributed by atoms with Gasteiger partial charge in [-0.1, -0.05) is 22.9 Å². The summed E-state index contributed by atoms with van der Waals surface area (Å²) in [5.41, 5.74) is 6.38. The van der Waals surface area contributed by atoms with Gasteiger partial charge in [-0.2, -0.15) is 0 Å². The molecule has 1 amide bonds. The first-order valence-electron chi connectivity index (χ1n) is 5.35. The van der Waals surface area contributed by atoms with Gasteiger partial charge >= 0.3 is 0 Å². The predicted molar refractivity (Wildman–Crippen MR) is 68.2 cm³/mol. The molecule has 0 bridgehead atoms. The van der Waals surface area contributed by atoms with Crippen LogP contribution in [0.5, 0.6) is 0 Å². The third kappa shape index (κ3) is 2.78. The first-order chi connectivity index (χ1) is 8.68. The minimum atomic E-state index is -0.293. The van der Waals surface area contributed by atoms with Crippen LogP contribution in [-0.2, 0) is 6.54 Å². The predicted octanol–water partition coefficient (Wildman–Crippen LogP) is 0.944. The fraction of sp³-hybridized carbons (Fsp3) is 0.182. The lowest BCUT2D eigenvalue weighted by atomic mass is 10.1. The number of benzene rings is 1. The summed E-state index contributed by atoms with van der Waals surface area (Å²) in [4.78, 5) is 11.9. The standard InChI is InChI=1S/C11H12ClN5O/c12-8-2-1-3-9(13)10(8)11(18)14-4-6-17-7-5-15-16-17/h1-3,5,7H,4,6,13H2,(H,14,18). The van der Waals surface area contributed by atoms with E-state index in [0.717, 1.165) is 0 Å². The highest BCUT2D eigenvalue weighted by atomic mass is 35.5. The maximum atomic E-state index is 11.9. The Morgan fingerprint density at radius 3 is 3.00 bits per heavy atom. The van der Waals surface area contributed by atoms with E-state index in [9.17, 15) is 4.79 Å². The highest BCUT2D eigenvalue weighted by Gasteiger charge is 2.12. The average Bonchev–Trinajstić information content (AvgIpc) is 2.82. The third-order valence-corrected chi connectivity index (χ3v) is 2.69. The highest BCUT2D eigenvalue weighted by molar-refractivity contribution is 6.34. The number of nitrogens with two attached hydrogens (primary N) is 1. The number of amides is 1. The van der Waals surface area contributed by atoms with Crippen LogP contribution in [0.2, 0.25) is 5.02 Å². The van der Waals surface area contributed by atoms with Crippen molar-refractivity contribution >= 4 is 23.2 Å². The molecule has 2 aromatic rings. The smallest absolute Gasteiger partial charge is 0.254 e. The minimum Gasteiger partial charge on any atom is -0.398 e. The molecule has 94 valence electrons. The van der Waals surface area contributed by atoms with Crippen molar-refractivity contribution in [3.05, 3.63) is 41.2 Å². The van der Waals surface area contributed by atoms with E-state index in [0.29, 0.717) is 29.4 Å². The van der Waals surface area contributed by atoms with Crippen molar-refractivity contribution in [3.8, 4) is 0 Å². The molecule has 1 aromatic carbocycles. The van der Waals surface area contributed by atoms with Crippen molar-refractivity contribution in [2.24, 2.45) is 0 Å². The second-order valence-electron chi connectivity index (χ2n) is 3.63. The van der Waals surface area contributed by atoms with Gasteiger partial charge in [0.15, 0.2) is 0 Å². The molecule has 1 aromatic heterocycles. The van der Waals surface area contributed by atoms with E-state index in [1.807, 2.05) is 0 Å². The fourth-order valence-corrected chi connectivity index (χ4v) is 1.77. The number of hydrogen-bond acceptors (Lipinski definition) is 4. The Morgan fingerprint density at radius 2 is 2.33 bits per heavy atom. The van der Waals surface area contributed by atoms with Gasteiger partial charge in [0, 0.05) is 18.4 Å². The molecule has 0 saturated carbocycles. The monoisotopic (exact) mass is 265 g/mol. The second-order valence-corrected chi connectivity index (χ2v) is 4.03. The Hall–Kier alpha value is -2.08. The Labute approximate surface area is 109 Å². The SMILES string of the molecule is Nc1cccc(Cl)c1C(=O)NCCn1ccnn1. The second kappa shape index (κ2) is 5.50. The van der Waals surface area contributed by atoms with Crippen LogP contribution < -0.4 is 11.1 Å².